The van der Waals surface area contributed by atoms with Crippen LogP contribution in [0.15, 0.2) is 217 Å². The zero-order chi connectivity index (χ0) is 35.8. The fourth-order valence-electron chi connectivity index (χ4n) is 7.79. The Morgan fingerprint density at radius 3 is 1.39 bits per heavy atom. The van der Waals surface area contributed by atoms with E-state index in [1.54, 1.807) is 0 Å². The molecule has 0 bridgehead atoms. The highest BCUT2D eigenvalue weighted by Crippen LogP contribution is 2.47. The molecule has 0 aliphatic rings. The van der Waals surface area contributed by atoms with Gasteiger partial charge in [0.15, 0.2) is 0 Å². The second-order valence-corrected chi connectivity index (χ2v) is 13.7. The average molecular weight is 690 g/mol. The molecule has 1 heterocycles. The number of rotatable bonds is 7. The number of hydrogen-bond donors (Lipinski definition) is 0. The second-order valence-electron chi connectivity index (χ2n) is 13.7. The normalized spacial score (nSPS) is 11.3. The monoisotopic (exact) mass is 689 g/mol. The lowest BCUT2D eigenvalue weighted by atomic mass is 9.95. The van der Waals surface area contributed by atoms with Crippen molar-refractivity contribution in [2.24, 2.45) is 0 Å². The van der Waals surface area contributed by atoms with Crippen LogP contribution in [0.3, 0.4) is 0 Å². The summed E-state index contributed by atoms with van der Waals surface area (Å²) in [6.45, 7) is 0. The van der Waals surface area contributed by atoms with Gasteiger partial charge >= 0.3 is 0 Å². The Morgan fingerprint density at radius 1 is 0.296 bits per heavy atom. The van der Waals surface area contributed by atoms with Gasteiger partial charge in [-0.15, -0.1) is 0 Å². The SMILES string of the molecule is c1ccc(-c2ccc(N(c3ccc(-c4ccccc4)cc3)c3cc(-c4ccccc4)ccc3-c3cccc4c3oc3c5ccccc5ccc43)cc2)cc1. The Hall–Kier alpha value is -7.16. The molecule has 0 spiro atoms. The Bertz CT molecular complexity index is 2810. The van der Waals surface area contributed by atoms with Crippen molar-refractivity contribution in [2.45, 2.75) is 0 Å². The molecule has 0 unspecified atom stereocenters. The van der Waals surface area contributed by atoms with Crippen LogP contribution in [0.1, 0.15) is 0 Å². The van der Waals surface area contributed by atoms with Gasteiger partial charge in [-0.2, -0.15) is 0 Å². The molecule has 1 aromatic heterocycles. The molecule has 10 rings (SSSR count). The van der Waals surface area contributed by atoms with E-state index in [1.165, 1.54) is 27.6 Å². The molecule has 2 nitrogen and oxygen atoms in total. The molecule has 9 aromatic carbocycles. The maximum Gasteiger partial charge on any atom is 0.143 e. The summed E-state index contributed by atoms with van der Waals surface area (Å²) >= 11 is 0. The Morgan fingerprint density at radius 2 is 0.778 bits per heavy atom. The van der Waals surface area contributed by atoms with E-state index in [1.807, 2.05) is 0 Å². The van der Waals surface area contributed by atoms with E-state index in [-0.39, 0.29) is 0 Å². The number of furan rings is 1. The largest absolute Gasteiger partial charge is 0.455 e. The van der Waals surface area contributed by atoms with Crippen LogP contribution in [0.25, 0.3) is 77.2 Å². The van der Waals surface area contributed by atoms with Crippen molar-refractivity contribution in [2.75, 3.05) is 4.90 Å². The molecule has 0 N–H and O–H groups in total. The molecule has 0 atom stereocenters. The van der Waals surface area contributed by atoms with Gasteiger partial charge in [0.05, 0.1) is 5.69 Å². The fourth-order valence-corrected chi connectivity index (χ4v) is 7.79. The van der Waals surface area contributed by atoms with Crippen LogP contribution in [-0.4, -0.2) is 0 Å². The van der Waals surface area contributed by atoms with Crippen LogP contribution in [0.2, 0.25) is 0 Å². The molecule has 0 aliphatic heterocycles. The number of anilines is 3. The molecule has 0 saturated carbocycles. The summed E-state index contributed by atoms with van der Waals surface area (Å²) in [6, 6.07) is 75.8. The van der Waals surface area contributed by atoms with E-state index in [0.29, 0.717) is 0 Å². The van der Waals surface area contributed by atoms with Crippen molar-refractivity contribution in [1.29, 1.82) is 0 Å². The highest BCUT2D eigenvalue weighted by atomic mass is 16.3. The molecule has 10 aromatic rings. The van der Waals surface area contributed by atoms with E-state index in [2.05, 4.69) is 217 Å². The van der Waals surface area contributed by atoms with E-state index < -0.39 is 0 Å². The molecule has 0 radical (unpaired) electrons. The van der Waals surface area contributed by atoms with Gasteiger partial charge in [-0.3, -0.25) is 0 Å². The van der Waals surface area contributed by atoms with Crippen molar-refractivity contribution in [3.8, 4) is 44.5 Å². The minimum atomic E-state index is 0.886. The zero-order valence-corrected chi connectivity index (χ0v) is 29.6. The van der Waals surface area contributed by atoms with E-state index in [4.69, 9.17) is 4.42 Å². The van der Waals surface area contributed by atoms with Crippen molar-refractivity contribution >= 4 is 49.8 Å². The first kappa shape index (κ1) is 31.6. The average Bonchev–Trinajstić information content (AvgIpc) is 3.65. The second kappa shape index (κ2) is 13.4. The lowest BCUT2D eigenvalue weighted by Crippen LogP contribution is -2.11. The summed E-state index contributed by atoms with van der Waals surface area (Å²) in [5, 5.41) is 4.52. The van der Waals surface area contributed by atoms with Gasteiger partial charge in [0, 0.05) is 38.7 Å². The molecule has 54 heavy (non-hydrogen) atoms. The first-order valence-corrected chi connectivity index (χ1v) is 18.4. The van der Waals surface area contributed by atoms with E-state index in [0.717, 1.165) is 66.6 Å². The van der Waals surface area contributed by atoms with Crippen LogP contribution in [0.4, 0.5) is 17.1 Å². The number of fused-ring (bicyclic) bond motifs is 5. The summed E-state index contributed by atoms with van der Waals surface area (Å²) in [5.74, 6) is 0. The molecular weight excluding hydrogens is 655 g/mol. The summed E-state index contributed by atoms with van der Waals surface area (Å²) in [6.07, 6.45) is 0. The van der Waals surface area contributed by atoms with Gasteiger partial charge in [-0.1, -0.05) is 176 Å². The molecule has 2 heteroatoms. The lowest BCUT2D eigenvalue weighted by molar-refractivity contribution is 0.674. The summed E-state index contributed by atoms with van der Waals surface area (Å²) in [7, 11) is 0. The van der Waals surface area contributed by atoms with Gasteiger partial charge < -0.3 is 9.32 Å². The minimum Gasteiger partial charge on any atom is -0.455 e. The predicted octanol–water partition coefficient (Wildman–Crippen LogP) is 14.9. The quantitative estimate of drug-likeness (QED) is 0.166. The van der Waals surface area contributed by atoms with Gasteiger partial charge in [-0.05, 0) is 75.2 Å². The topological polar surface area (TPSA) is 16.4 Å². The molecule has 0 fully saturated rings. The lowest BCUT2D eigenvalue weighted by Gasteiger charge is -2.29. The Balaban J connectivity index is 1.22. The number of para-hydroxylation sites is 1. The first-order valence-electron chi connectivity index (χ1n) is 18.4. The van der Waals surface area contributed by atoms with Crippen LogP contribution < -0.4 is 4.90 Å². The Kier molecular flexibility index (Phi) is 7.85. The predicted molar refractivity (Wildman–Crippen MR) is 228 cm³/mol. The van der Waals surface area contributed by atoms with Crippen LogP contribution in [-0.2, 0) is 0 Å². The molecule has 254 valence electrons. The highest BCUT2D eigenvalue weighted by Gasteiger charge is 2.22. The van der Waals surface area contributed by atoms with Crippen molar-refractivity contribution < 1.29 is 4.42 Å². The summed E-state index contributed by atoms with van der Waals surface area (Å²) < 4.78 is 6.92. The van der Waals surface area contributed by atoms with Crippen molar-refractivity contribution in [3.63, 3.8) is 0 Å². The van der Waals surface area contributed by atoms with E-state index >= 15 is 0 Å². The van der Waals surface area contributed by atoms with Crippen LogP contribution in [0, 0.1) is 0 Å². The number of hydrogen-bond acceptors (Lipinski definition) is 2. The third-order valence-corrected chi connectivity index (χ3v) is 10.5. The highest BCUT2D eigenvalue weighted by molar-refractivity contribution is 6.17. The molecule has 0 saturated heterocycles. The van der Waals surface area contributed by atoms with Crippen molar-refractivity contribution in [1.82, 2.24) is 0 Å². The van der Waals surface area contributed by atoms with Gasteiger partial charge in [0.2, 0.25) is 0 Å². The maximum atomic E-state index is 6.92. The fraction of sp³-hybridized carbons (Fsp3) is 0. The third kappa shape index (κ3) is 5.62. The van der Waals surface area contributed by atoms with E-state index in [9.17, 15) is 0 Å². The number of benzene rings is 9. The Labute approximate surface area is 314 Å². The van der Waals surface area contributed by atoms with Gasteiger partial charge in [0.1, 0.15) is 11.2 Å². The third-order valence-electron chi connectivity index (χ3n) is 10.5. The van der Waals surface area contributed by atoms with Crippen molar-refractivity contribution in [3.05, 3.63) is 212 Å². The number of nitrogens with zero attached hydrogens (tertiary/aromatic N) is 1. The maximum absolute atomic E-state index is 6.92. The smallest absolute Gasteiger partial charge is 0.143 e. The van der Waals surface area contributed by atoms with Crippen LogP contribution in [0.5, 0.6) is 0 Å². The summed E-state index contributed by atoms with van der Waals surface area (Å²) in [5.41, 5.74) is 14.2. The molecular formula is C52H35NO. The van der Waals surface area contributed by atoms with Gasteiger partial charge in [0.25, 0.3) is 0 Å². The minimum absolute atomic E-state index is 0.886. The summed E-state index contributed by atoms with van der Waals surface area (Å²) in [4.78, 5) is 2.39. The zero-order valence-electron chi connectivity index (χ0n) is 29.6. The van der Waals surface area contributed by atoms with Crippen LogP contribution >= 0.6 is 0 Å². The van der Waals surface area contributed by atoms with Gasteiger partial charge in [-0.25, -0.2) is 0 Å². The molecule has 0 aliphatic carbocycles. The molecule has 0 amide bonds. The standard InChI is InChI=1S/C52H35NO/c1-4-13-36(14-5-1)39-23-29-43(30-24-39)53(44-31-25-40(26-32-44)37-15-6-2-7-16-37)50-35-42(38-17-8-3-9-18-38)28-33-46(50)47-21-12-22-48-49-34-27-41-19-10-11-20-45(41)51(49)54-52(47)48/h1-35H. The first-order chi connectivity index (χ1) is 26.8.